The number of aryl methyl sites for hydroxylation is 1. The minimum Gasteiger partial charge on any atom is -0.506 e. The van der Waals surface area contributed by atoms with Gasteiger partial charge in [0.15, 0.2) is 0 Å². The van der Waals surface area contributed by atoms with Crippen molar-refractivity contribution in [2.45, 2.75) is 38.5 Å². The van der Waals surface area contributed by atoms with Crippen LogP contribution in [0.3, 0.4) is 0 Å². The Hall–Kier alpha value is -2.84. The Labute approximate surface area is 172 Å². The highest BCUT2D eigenvalue weighted by Crippen LogP contribution is 2.33. The molecule has 5 rings (SSSR count). The molecule has 9 heteroatoms. The van der Waals surface area contributed by atoms with Crippen molar-refractivity contribution in [2.75, 3.05) is 6.61 Å². The standard InChI is InChI=1S/C20H20ClN5O3/c21-18-14(5-3-6-17(18)27)26-16-10-29-9-13(12(16)8-23-26)24-20(28)19-15-4-1-2-7-25(15)11-22-19/h3,5-6,8,11,13,27H,1-2,4,7,9-10H2,(H,24,28). The maximum Gasteiger partial charge on any atom is 0.272 e. The van der Waals surface area contributed by atoms with Gasteiger partial charge in [0, 0.05) is 12.1 Å². The summed E-state index contributed by atoms with van der Waals surface area (Å²) in [5.41, 5.74) is 3.71. The number of nitrogens with zero attached hydrogens (tertiary/aromatic N) is 4. The smallest absolute Gasteiger partial charge is 0.272 e. The molecule has 1 unspecified atom stereocenters. The molecule has 0 saturated carbocycles. The molecule has 0 spiro atoms. The Kier molecular flexibility index (Phi) is 4.52. The number of carbonyl (C=O) groups is 1. The molecule has 2 aliphatic heterocycles. The van der Waals surface area contributed by atoms with E-state index in [0.717, 1.165) is 42.8 Å². The van der Waals surface area contributed by atoms with Gasteiger partial charge in [-0.05, 0) is 31.4 Å². The average molecular weight is 414 g/mol. The number of phenolic OH excluding ortho intramolecular Hbond substituents is 1. The van der Waals surface area contributed by atoms with Crippen molar-refractivity contribution in [3.8, 4) is 11.4 Å². The van der Waals surface area contributed by atoms with Crippen LogP contribution >= 0.6 is 11.6 Å². The maximum atomic E-state index is 12.9. The first-order valence-corrected chi connectivity index (χ1v) is 9.98. The summed E-state index contributed by atoms with van der Waals surface area (Å²) >= 11 is 6.25. The Balaban J connectivity index is 1.43. The Morgan fingerprint density at radius 2 is 2.21 bits per heavy atom. The summed E-state index contributed by atoms with van der Waals surface area (Å²) in [6, 6.07) is 4.66. The zero-order valence-corrected chi connectivity index (χ0v) is 16.4. The lowest BCUT2D eigenvalue weighted by Gasteiger charge is -2.24. The molecule has 2 aromatic heterocycles. The minimum absolute atomic E-state index is 0.0143. The van der Waals surface area contributed by atoms with Gasteiger partial charge in [0.1, 0.15) is 16.5 Å². The third kappa shape index (κ3) is 3.08. The predicted octanol–water partition coefficient (Wildman–Crippen LogP) is 2.77. The number of hydrogen-bond donors (Lipinski definition) is 2. The van der Waals surface area contributed by atoms with Crippen molar-refractivity contribution in [2.24, 2.45) is 0 Å². The summed E-state index contributed by atoms with van der Waals surface area (Å²) in [5.74, 6) is -0.218. The molecule has 1 amide bonds. The number of halogens is 1. The molecule has 4 heterocycles. The van der Waals surface area contributed by atoms with Crippen molar-refractivity contribution in [1.29, 1.82) is 0 Å². The number of carbonyl (C=O) groups excluding carboxylic acids is 1. The summed E-state index contributed by atoms with van der Waals surface area (Å²) in [7, 11) is 0. The lowest BCUT2D eigenvalue weighted by molar-refractivity contribution is 0.0684. The average Bonchev–Trinajstić information content (AvgIpc) is 3.35. The van der Waals surface area contributed by atoms with Crippen LogP contribution < -0.4 is 5.32 Å². The van der Waals surface area contributed by atoms with Gasteiger partial charge in [0.05, 0.1) is 48.9 Å². The monoisotopic (exact) mass is 413 g/mol. The molecule has 29 heavy (non-hydrogen) atoms. The molecular formula is C20H20ClN5O3. The number of ether oxygens (including phenoxy) is 1. The third-order valence-corrected chi connectivity index (χ3v) is 5.90. The normalized spacial score (nSPS) is 18.2. The van der Waals surface area contributed by atoms with Gasteiger partial charge in [-0.1, -0.05) is 17.7 Å². The van der Waals surface area contributed by atoms with E-state index in [9.17, 15) is 9.90 Å². The van der Waals surface area contributed by atoms with Crippen LogP contribution in [-0.4, -0.2) is 37.0 Å². The van der Waals surface area contributed by atoms with E-state index >= 15 is 0 Å². The summed E-state index contributed by atoms with van der Waals surface area (Å²) in [6.07, 6.45) is 6.50. The van der Waals surface area contributed by atoms with Crippen LogP contribution in [0.4, 0.5) is 0 Å². The molecule has 0 aliphatic carbocycles. The quantitative estimate of drug-likeness (QED) is 0.688. The number of nitrogens with one attached hydrogen (secondary N) is 1. The second kappa shape index (κ2) is 7.20. The van der Waals surface area contributed by atoms with E-state index in [4.69, 9.17) is 16.3 Å². The fourth-order valence-corrected chi connectivity index (χ4v) is 4.24. The molecule has 1 aromatic carbocycles. The second-order valence-corrected chi connectivity index (χ2v) is 7.68. The largest absolute Gasteiger partial charge is 0.506 e. The molecule has 0 radical (unpaired) electrons. The van der Waals surface area contributed by atoms with Crippen LogP contribution in [0.15, 0.2) is 30.7 Å². The molecule has 3 aromatic rings. The minimum atomic E-state index is -0.336. The fraction of sp³-hybridized carbons (Fsp3) is 0.350. The number of aromatic hydroxyl groups is 1. The molecule has 1 atom stereocenters. The number of benzene rings is 1. The summed E-state index contributed by atoms with van der Waals surface area (Å²) < 4.78 is 9.43. The first kappa shape index (κ1) is 18.2. The number of aromatic nitrogens is 4. The second-order valence-electron chi connectivity index (χ2n) is 7.30. The van der Waals surface area contributed by atoms with Gasteiger partial charge in [-0.3, -0.25) is 4.79 Å². The van der Waals surface area contributed by atoms with Crippen LogP contribution in [-0.2, 0) is 24.3 Å². The number of amides is 1. The molecule has 0 bridgehead atoms. The zero-order chi connectivity index (χ0) is 20.0. The van der Waals surface area contributed by atoms with E-state index in [2.05, 4.69) is 20.0 Å². The zero-order valence-electron chi connectivity index (χ0n) is 15.6. The highest BCUT2D eigenvalue weighted by Gasteiger charge is 2.29. The Bertz CT molecular complexity index is 1090. The molecule has 8 nitrogen and oxygen atoms in total. The van der Waals surface area contributed by atoms with Crippen LogP contribution in [0.2, 0.25) is 5.02 Å². The fourth-order valence-electron chi connectivity index (χ4n) is 4.04. The molecule has 0 saturated heterocycles. The van der Waals surface area contributed by atoms with Crippen LogP contribution in [0, 0.1) is 0 Å². The molecule has 150 valence electrons. The van der Waals surface area contributed by atoms with E-state index in [1.54, 1.807) is 29.3 Å². The van der Waals surface area contributed by atoms with Gasteiger partial charge in [0.2, 0.25) is 0 Å². The predicted molar refractivity (Wildman–Crippen MR) is 105 cm³/mol. The lowest BCUT2D eigenvalue weighted by Crippen LogP contribution is -2.35. The number of fused-ring (bicyclic) bond motifs is 2. The summed E-state index contributed by atoms with van der Waals surface area (Å²) in [4.78, 5) is 17.2. The highest BCUT2D eigenvalue weighted by molar-refractivity contribution is 6.33. The van der Waals surface area contributed by atoms with Gasteiger partial charge in [-0.15, -0.1) is 0 Å². The lowest BCUT2D eigenvalue weighted by atomic mass is 10.0. The Morgan fingerprint density at radius 1 is 1.31 bits per heavy atom. The number of rotatable bonds is 3. The van der Waals surface area contributed by atoms with Gasteiger partial charge in [-0.25, -0.2) is 9.67 Å². The first-order valence-electron chi connectivity index (χ1n) is 9.60. The van der Waals surface area contributed by atoms with E-state index < -0.39 is 0 Å². The van der Waals surface area contributed by atoms with Crippen LogP contribution in [0.5, 0.6) is 5.75 Å². The molecule has 2 aliphatic rings. The topological polar surface area (TPSA) is 94.2 Å². The van der Waals surface area contributed by atoms with Crippen LogP contribution in [0.1, 0.15) is 46.3 Å². The number of phenols is 1. The first-order chi connectivity index (χ1) is 14.1. The van der Waals surface area contributed by atoms with Crippen molar-refractivity contribution < 1.29 is 14.6 Å². The van der Waals surface area contributed by atoms with Gasteiger partial charge >= 0.3 is 0 Å². The summed E-state index contributed by atoms with van der Waals surface area (Å²) in [6.45, 7) is 1.60. The van der Waals surface area contributed by atoms with Crippen molar-refractivity contribution in [3.63, 3.8) is 0 Å². The molecule has 0 fully saturated rings. The van der Waals surface area contributed by atoms with Gasteiger partial charge in [-0.2, -0.15) is 5.10 Å². The van der Waals surface area contributed by atoms with E-state index in [1.165, 1.54) is 6.07 Å². The Morgan fingerprint density at radius 3 is 3.10 bits per heavy atom. The van der Waals surface area contributed by atoms with Gasteiger partial charge < -0.3 is 19.7 Å². The molecular weight excluding hydrogens is 394 g/mol. The molecule has 2 N–H and O–H groups in total. The van der Waals surface area contributed by atoms with Crippen molar-refractivity contribution >= 4 is 17.5 Å². The van der Waals surface area contributed by atoms with E-state index in [0.29, 0.717) is 24.6 Å². The van der Waals surface area contributed by atoms with E-state index in [-0.39, 0.29) is 22.7 Å². The third-order valence-electron chi connectivity index (χ3n) is 5.52. The van der Waals surface area contributed by atoms with Crippen LogP contribution in [0.25, 0.3) is 5.69 Å². The van der Waals surface area contributed by atoms with E-state index in [1.807, 2.05) is 0 Å². The highest BCUT2D eigenvalue weighted by atomic mass is 35.5. The van der Waals surface area contributed by atoms with Crippen molar-refractivity contribution in [3.05, 3.63) is 58.4 Å². The SMILES string of the molecule is O=C(NC1COCc2c1cnn2-c1cccc(O)c1Cl)c1ncn2c1CCCC2. The van der Waals surface area contributed by atoms with Crippen molar-refractivity contribution in [1.82, 2.24) is 24.6 Å². The number of imidazole rings is 1. The maximum absolute atomic E-state index is 12.9. The van der Waals surface area contributed by atoms with Gasteiger partial charge in [0.25, 0.3) is 5.91 Å². The summed E-state index contributed by atoms with van der Waals surface area (Å²) in [5, 5.41) is 17.6. The number of hydrogen-bond acceptors (Lipinski definition) is 5.